The van der Waals surface area contributed by atoms with E-state index in [1.165, 1.54) is 0 Å². The second kappa shape index (κ2) is 7.03. The highest BCUT2D eigenvalue weighted by molar-refractivity contribution is 5.96. The molecule has 2 aromatic heterocycles. The topological polar surface area (TPSA) is 71.3 Å². The highest BCUT2D eigenvalue weighted by atomic mass is 16.2. The normalized spacial score (nSPS) is 14.5. The zero-order valence-electron chi connectivity index (χ0n) is 14.9. The maximum absolute atomic E-state index is 12.9. The van der Waals surface area contributed by atoms with Gasteiger partial charge in [0.25, 0.3) is 5.91 Å². The fourth-order valence-electron chi connectivity index (χ4n) is 3.05. The Morgan fingerprint density at radius 2 is 1.81 bits per heavy atom. The summed E-state index contributed by atoms with van der Waals surface area (Å²) < 4.78 is 1.67. The number of hydrogen-bond acceptors (Lipinski definition) is 4. The number of amides is 2. The van der Waals surface area contributed by atoms with Crippen LogP contribution < -0.4 is 0 Å². The zero-order chi connectivity index (χ0) is 18.8. The maximum atomic E-state index is 12.9. The molecular weight excluding hydrogens is 342 g/mol. The molecule has 0 atom stereocenters. The number of aromatic nitrogens is 3. The van der Waals surface area contributed by atoms with Crippen LogP contribution in [0.1, 0.15) is 10.5 Å². The Labute approximate surface area is 156 Å². The first-order valence-corrected chi connectivity index (χ1v) is 8.73. The van der Waals surface area contributed by atoms with Gasteiger partial charge in [-0.15, -0.1) is 0 Å². The highest BCUT2D eigenvalue weighted by Gasteiger charge is 2.28. The Morgan fingerprint density at radius 3 is 2.52 bits per heavy atom. The molecule has 2 amide bonds. The molecule has 3 aromatic rings. The van der Waals surface area contributed by atoms with Crippen molar-refractivity contribution in [3.05, 3.63) is 66.5 Å². The highest BCUT2D eigenvalue weighted by Crippen LogP contribution is 2.24. The van der Waals surface area contributed by atoms with Gasteiger partial charge in [0, 0.05) is 31.9 Å². The molecule has 7 nitrogen and oxygen atoms in total. The smallest absolute Gasteiger partial charge is 0.274 e. The van der Waals surface area contributed by atoms with Crippen molar-refractivity contribution in [3.8, 4) is 17.1 Å². The average molecular weight is 361 g/mol. The summed E-state index contributed by atoms with van der Waals surface area (Å²) in [5, 5.41) is 4.51. The summed E-state index contributed by atoms with van der Waals surface area (Å²) in [7, 11) is 1.74. The number of carbonyl (C=O) groups is 2. The molecule has 0 radical (unpaired) electrons. The lowest BCUT2D eigenvalue weighted by atomic mass is 10.1. The van der Waals surface area contributed by atoms with E-state index in [2.05, 4.69) is 10.1 Å². The van der Waals surface area contributed by atoms with Gasteiger partial charge in [-0.05, 0) is 18.2 Å². The van der Waals surface area contributed by atoms with Gasteiger partial charge in [-0.25, -0.2) is 9.67 Å². The van der Waals surface area contributed by atoms with Gasteiger partial charge in [0.1, 0.15) is 6.54 Å². The van der Waals surface area contributed by atoms with E-state index in [-0.39, 0.29) is 18.4 Å². The van der Waals surface area contributed by atoms with Crippen molar-refractivity contribution in [1.82, 2.24) is 24.6 Å². The number of carbonyl (C=O) groups excluding carboxylic acids is 2. The van der Waals surface area contributed by atoms with Gasteiger partial charge in [0.2, 0.25) is 5.91 Å². The van der Waals surface area contributed by atoms with Gasteiger partial charge in [0.15, 0.2) is 11.5 Å². The van der Waals surface area contributed by atoms with Crippen LogP contribution in [0.25, 0.3) is 17.1 Å². The Hall–Kier alpha value is -3.48. The lowest BCUT2D eigenvalue weighted by Crippen LogP contribution is -2.50. The zero-order valence-corrected chi connectivity index (χ0v) is 14.9. The first kappa shape index (κ1) is 17.0. The van der Waals surface area contributed by atoms with Crippen LogP contribution in [0.5, 0.6) is 0 Å². The van der Waals surface area contributed by atoms with Gasteiger partial charge in [-0.1, -0.05) is 36.4 Å². The monoisotopic (exact) mass is 361 g/mol. The SMILES string of the molecule is CN1CCN(C(=O)c2cc(-c3ccccc3)n(-c3ccccn3)n2)CC1=O. The molecule has 3 heterocycles. The van der Waals surface area contributed by atoms with E-state index < -0.39 is 0 Å². The molecule has 7 heteroatoms. The standard InChI is InChI=1S/C20H19N5O2/c1-23-11-12-24(14-19(23)26)20(27)16-13-17(15-7-3-2-4-8-15)25(22-16)18-9-5-6-10-21-18/h2-10,13H,11-12,14H2,1H3. The van der Waals surface area contributed by atoms with Crippen LogP contribution in [0, 0.1) is 0 Å². The average Bonchev–Trinajstić information content (AvgIpc) is 3.16. The molecule has 1 aromatic carbocycles. The molecule has 1 fully saturated rings. The summed E-state index contributed by atoms with van der Waals surface area (Å²) in [5.74, 6) is 0.315. The number of hydrogen-bond donors (Lipinski definition) is 0. The van der Waals surface area contributed by atoms with Crippen LogP contribution in [0.3, 0.4) is 0 Å². The number of pyridine rings is 1. The second-order valence-corrected chi connectivity index (χ2v) is 6.42. The summed E-state index contributed by atoms with van der Waals surface area (Å²) in [6.45, 7) is 1.10. The fourth-order valence-corrected chi connectivity index (χ4v) is 3.05. The minimum Gasteiger partial charge on any atom is -0.342 e. The van der Waals surface area contributed by atoms with E-state index in [0.29, 0.717) is 24.6 Å². The molecule has 1 aliphatic heterocycles. The molecule has 4 rings (SSSR count). The molecule has 136 valence electrons. The first-order chi connectivity index (χ1) is 13.1. The van der Waals surface area contributed by atoms with Gasteiger partial charge < -0.3 is 9.80 Å². The predicted octanol–water partition coefficient (Wildman–Crippen LogP) is 1.85. The van der Waals surface area contributed by atoms with Crippen molar-refractivity contribution in [2.75, 3.05) is 26.7 Å². The maximum Gasteiger partial charge on any atom is 0.274 e. The molecule has 27 heavy (non-hydrogen) atoms. The molecule has 0 spiro atoms. The molecule has 0 unspecified atom stereocenters. The van der Waals surface area contributed by atoms with Crippen molar-refractivity contribution in [2.24, 2.45) is 0 Å². The Bertz CT molecular complexity index is 912. The Kier molecular flexibility index (Phi) is 4.42. The quantitative estimate of drug-likeness (QED) is 0.714. The third-order valence-corrected chi connectivity index (χ3v) is 4.61. The summed E-state index contributed by atoms with van der Waals surface area (Å²) in [6.07, 6.45) is 1.69. The van der Waals surface area contributed by atoms with Gasteiger partial charge in [-0.2, -0.15) is 5.10 Å². The van der Waals surface area contributed by atoms with Crippen LogP contribution >= 0.6 is 0 Å². The first-order valence-electron chi connectivity index (χ1n) is 8.73. The van der Waals surface area contributed by atoms with Crippen molar-refractivity contribution in [1.29, 1.82) is 0 Å². The molecule has 0 bridgehead atoms. The predicted molar refractivity (Wildman–Crippen MR) is 100 cm³/mol. The van der Waals surface area contributed by atoms with Gasteiger partial charge in [0.05, 0.1) is 5.69 Å². The van der Waals surface area contributed by atoms with E-state index in [1.807, 2.05) is 48.5 Å². The van der Waals surface area contributed by atoms with Crippen molar-refractivity contribution in [3.63, 3.8) is 0 Å². The lowest BCUT2D eigenvalue weighted by Gasteiger charge is -2.31. The molecule has 1 aliphatic rings. The summed E-state index contributed by atoms with van der Waals surface area (Å²) in [5.41, 5.74) is 2.01. The van der Waals surface area contributed by atoms with E-state index in [0.717, 1.165) is 11.3 Å². The third kappa shape index (κ3) is 3.31. The van der Waals surface area contributed by atoms with Crippen LogP contribution in [0.2, 0.25) is 0 Å². The largest absolute Gasteiger partial charge is 0.342 e. The molecule has 0 N–H and O–H groups in total. The second-order valence-electron chi connectivity index (χ2n) is 6.42. The van der Waals surface area contributed by atoms with Crippen LogP contribution in [-0.4, -0.2) is 63.1 Å². The van der Waals surface area contributed by atoms with Gasteiger partial charge in [-0.3, -0.25) is 9.59 Å². The minimum absolute atomic E-state index is 0.0676. The molecule has 0 aliphatic carbocycles. The summed E-state index contributed by atoms with van der Waals surface area (Å²) in [6, 6.07) is 17.0. The number of benzene rings is 1. The Balaban J connectivity index is 1.73. The Morgan fingerprint density at radius 1 is 1.04 bits per heavy atom. The van der Waals surface area contributed by atoms with Gasteiger partial charge >= 0.3 is 0 Å². The molecular formula is C20H19N5O2. The molecule has 1 saturated heterocycles. The van der Waals surface area contributed by atoms with Crippen LogP contribution in [0.4, 0.5) is 0 Å². The number of rotatable bonds is 3. The van der Waals surface area contributed by atoms with Crippen LogP contribution in [0.15, 0.2) is 60.8 Å². The number of piperazine rings is 1. The van der Waals surface area contributed by atoms with E-state index in [4.69, 9.17) is 0 Å². The van der Waals surface area contributed by atoms with Crippen molar-refractivity contribution < 1.29 is 9.59 Å². The molecule has 0 saturated carbocycles. The van der Waals surface area contributed by atoms with E-state index in [9.17, 15) is 9.59 Å². The fraction of sp³-hybridized carbons (Fsp3) is 0.200. The summed E-state index contributed by atoms with van der Waals surface area (Å²) in [4.78, 5) is 32.4. The van der Waals surface area contributed by atoms with Crippen molar-refractivity contribution >= 4 is 11.8 Å². The number of likely N-dealkylation sites (N-methyl/N-ethyl adjacent to an activating group) is 1. The van der Waals surface area contributed by atoms with E-state index in [1.54, 1.807) is 33.8 Å². The lowest BCUT2D eigenvalue weighted by molar-refractivity contribution is -0.133. The summed E-state index contributed by atoms with van der Waals surface area (Å²) >= 11 is 0. The minimum atomic E-state index is -0.247. The third-order valence-electron chi connectivity index (χ3n) is 4.61. The van der Waals surface area contributed by atoms with Crippen molar-refractivity contribution in [2.45, 2.75) is 0 Å². The van der Waals surface area contributed by atoms with E-state index >= 15 is 0 Å². The van der Waals surface area contributed by atoms with Crippen LogP contribution in [-0.2, 0) is 4.79 Å². The number of nitrogens with zero attached hydrogens (tertiary/aromatic N) is 5.